The highest BCUT2D eigenvalue weighted by Crippen LogP contribution is 2.32. The third-order valence-corrected chi connectivity index (χ3v) is 4.24. The van der Waals surface area contributed by atoms with Crippen LogP contribution in [0.15, 0.2) is 9.85 Å². The average molecular weight is 333 g/mol. The van der Waals surface area contributed by atoms with Crippen LogP contribution < -0.4 is 0 Å². The Balaban J connectivity index is 2.33. The summed E-state index contributed by atoms with van der Waals surface area (Å²) < 4.78 is 40.7. The van der Waals surface area contributed by atoms with E-state index in [0.29, 0.717) is 0 Å². The van der Waals surface area contributed by atoms with E-state index in [1.54, 1.807) is 0 Å². The molecule has 1 atom stereocenters. The zero-order chi connectivity index (χ0) is 13.1. The largest absolute Gasteiger partial charge is 0.411 e. The number of aryl methyl sites for hydroxylation is 1. The number of aliphatic hydroxyl groups excluding tert-OH is 1. The van der Waals surface area contributed by atoms with Gasteiger partial charge in [0, 0.05) is 17.9 Å². The van der Waals surface area contributed by atoms with Gasteiger partial charge in [0.25, 0.3) is 0 Å². The number of thiophene rings is 1. The van der Waals surface area contributed by atoms with Crippen LogP contribution in [-0.4, -0.2) is 24.5 Å². The van der Waals surface area contributed by atoms with Crippen LogP contribution >= 0.6 is 27.3 Å². The predicted molar refractivity (Wildman–Crippen MR) is 63.2 cm³/mol. The molecular weight excluding hydrogens is 321 g/mol. The second-order valence-electron chi connectivity index (χ2n) is 3.58. The van der Waals surface area contributed by atoms with Crippen molar-refractivity contribution in [1.29, 1.82) is 0 Å². The van der Waals surface area contributed by atoms with Crippen molar-refractivity contribution in [3.05, 3.63) is 20.3 Å². The molecule has 7 heteroatoms. The molecule has 1 aromatic rings. The third kappa shape index (κ3) is 5.37. The fourth-order valence-corrected chi connectivity index (χ4v) is 2.76. The summed E-state index contributed by atoms with van der Waals surface area (Å²) in [6.07, 6.45) is -4.94. The third-order valence-electron chi connectivity index (χ3n) is 2.01. The van der Waals surface area contributed by atoms with Crippen molar-refractivity contribution in [2.45, 2.75) is 25.6 Å². The van der Waals surface area contributed by atoms with Gasteiger partial charge in [-0.1, -0.05) is 0 Å². The highest BCUT2D eigenvalue weighted by molar-refractivity contribution is 9.11. The molecule has 98 valence electrons. The topological polar surface area (TPSA) is 29.5 Å². The summed E-state index contributed by atoms with van der Waals surface area (Å²) in [6, 6.07) is 1.81. The van der Waals surface area contributed by atoms with Crippen LogP contribution in [0.25, 0.3) is 0 Å². The first-order chi connectivity index (χ1) is 7.79. The zero-order valence-corrected chi connectivity index (χ0v) is 11.5. The number of hydrogen-bond acceptors (Lipinski definition) is 3. The van der Waals surface area contributed by atoms with Crippen LogP contribution in [0.5, 0.6) is 0 Å². The van der Waals surface area contributed by atoms with E-state index in [2.05, 4.69) is 20.7 Å². The highest BCUT2D eigenvalue weighted by atomic mass is 79.9. The molecule has 17 heavy (non-hydrogen) atoms. The molecular formula is C10H12BrF3O2S. The van der Waals surface area contributed by atoms with Gasteiger partial charge in [0.15, 0.2) is 0 Å². The zero-order valence-electron chi connectivity index (χ0n) is 9.05. The summed E-state index contributed by atoms with van der Waals surface area (Å²) in [7, 11) is 0. The quantitative estimate of drug-likeness (QED) is 0.830. The van der Waals surface area contributed by atoms with Crippen LogP contribution in [-0.2, 0) is 4.74 Å². The summed E-state index contributed by atoms with van der Waals surface area (Å²) in [4.78, 5) is 0.727. The maximum absolute atomic E-state index is 11.8. The molecule has 1 unspecified atom stereocenters. The lowest BCUT2D eigenvalue weighted by Crippen LogP contribution is -2.18. The van der Waals surface area contributed by atoms with E-state index < -0.39 is 18.9 Å². The molecule has 1 rings (SSSR count). The van der Waals surface area contributed by atoms with Crippen molar-refractivity contribution in [3.8, 4) is 0 Å². The van der Waals surface area contributed by atoms with Crippen LogP contribution in [0.2, 0.25) is 0 Å². The molecule has 0 saturated carbocycles. The monoisotopic (exact) mass is 332 g/mol. The average Bonchev–Trinajstić information content (AvgIpc) is 2.52. The van der Waals surface area contributed by atoms with Crippen molar-refractivity contribution >= 4 is 27.3 Å². The highest BCUT2D eigenvalue weighted by Gasteiger charge is 2.27. The molecule has 0 aliphatic rings. The number of hydrogen-bond donors (Lipinski definition) is 1. The Bertz CT molecular complexity index is 345. The van der Waals surface area contributed by atoms with Crippen LogP contribution in [0.3, 0.4) is 0 Å². The maximum Gasteiger partial charge on any atom is 0.411 e. The van der Waals surface area contributed by atoms with E-state index >= 15 is 0 Å². The Morgan fingerprint density at radius 2 is 2.18 bits per heavy atom. The van der Waals surface area contributed by atoms with Gasteiger partial charge >= 0.3 is 6.18 Å². The molecule has 0 bridgehead atoms. The fraction of sp³-hybridized carbons (Fsp3) is 0.600. The summed E-state index contributed by atoms with van der Waals surface area (Å²) in [5.41, 5.74) is 1.00. The lowest BCUT2D eigenvalue weighted by molar-refractivity contribution is -0.175. The molecule has 1 N–H and O–H groups in total. The molecule has 0 aromatic carbocycles. The number of halogens is 4. The SMILES string of the molecule is Cc1cc(C(O)CCOCC(F)(F)F)sc1Br. The van der Waals surface area contributed by atoms with E-state index in [1.165, 1.54) is 11.3 Å². The molecule has 0 radical (unpaired) electrons. The Kier molecular flexibility index (Phi) is 5.43. The standard InChI is InChI=1S/C10H12BrF3O2S/c1-6-4-8(17-9(6)11)7(15)2-3-16-5-10(12,13)14/h4,7,15H,2-3,5H2,1H3. The van der Waals surface area contributed by atoms with Gasteiger partial charge in [0.05, 0.1) is 9.89 Å². The lowest BCUT2D eigenvalue weighted by atomic mass is 10.2. The molecule has 0 amide bonds. The Morgan fingerprint density at radius 1 is 1.53 bits per heavy atom. The predicted octanol–water partition coefficient (Wildman–Crippen LogP) is 3.82. The van der Waals surface area contributed by atoms with Crippen molar-refractivity contribution in [1.82, 2.24) is 0 Å². The van der Waals surface area contributed by atoms with Gasteiger partial charge in [-0.2, -0.15) is 13.2 Å². The van der Waals surface area contributed by atoms with Gasteiger partial charge in [-0.3, -0.25) is 0 Å². The molecule has 1 heterocycles. The Morgan fingerprint density at radius 3 is 2.65 bits per heavy atom. The Labute approximate surface area is 110 Å². The minimum atomic E-state index is -4.31. The molecule has 0 aliphatic heterocycles. The molecule has 0 aliphatic carbocycles. The van der Waals surface area contributed by atoms with Gasteiger partial charge in [0.2, 0.25) is 0 Å². The normalized spacial score (nSPS) is 14.0. The van der Waals surface area contributed by atoms with Crippen LogP contribution in [0, 0.1) is 6.92 Å². The lowest BCUT2D eigenvalue weighted by Gasteiger charge is -2.10. The van der Waals surface area contributed by atoms with Gasteiger partial charge in [0.1, 0.15) is 6.61 Å². The number of aliphatic hydroxyl groups is 1. The smallest absolute Gasteiger partial charge is 0.387 e. The van der Waals surface area contributed by atoms with E-state index in [0.717, 1.165) is 14.2 Å². The van der Waals surface area contributed by atoms with Crippen molar-refractivity contribution in [2.75, 3.05) is 13.2 Å². The first kappa shape index (κ1) is 14.9. The van der Waals surface area contributed by atoms with Crippen LogP contribution in [0.4, 0.5) is 13.2 Å². The van der Waals surface area contributed by atoms with E-state index in [9.17, 15) is 18.3 Å². The van der Waals surface area contributed by atoms with E-state index in [4.69, 9.17) is 0 Å². The second kappa shape index (κ2) is 6.17. The minimum absolute atomic E-state index is 0.116. The van der Waals surface area contributed by atoms with E-state index in [1.807, 2.05) is 13.0 Å². The van der Waals surface area contributed by atoms with Crippen molar-refractivity contribution in [3.63, 3.8) is 0 Å². The number of alkyl halides is 3. The molecule has 2 nitrogen and oxygen atoms in total. The summed E-state index contributed by atoms with van der Waals surface area (Å²) in [5.74, 6) is 0. The molecule has 1 aromatic heterocycles. The first-order valence-electron chi connectivity index (χ1n) is 4.88. The molecule has 0 spiro atoms. The van der Waals surface area contributed by atoms with Gasteiger partial charge in [-0.05, 0) is 34.5 Å². The van der Waals surface area contributed by atoms with Crippen molar-refractivity contribution in [2.24, 2.45) is 0 Å². The summed E-state index contributed by atoms with van der Waals surface area (Å²) in [6.45, 7) is 0.499. The Hall–Kier alpha value is -0.110. The first-order valence-corrected chi connectivity index (χ1v) is 6.49. The molecule has 0 saturated heterocycles. The van der Waals surface area contributed by atoms with E-state index in [-0.39, 0.29) is 13.0 Å². The van der Waals surface area contributed by atoms with Gasteiger partial charge in [-0.25, -0.2) is 0 Å². The van der Waals surface area contributed by atoms with Gasteiger partial charge < -0.3 is 9.84 Å². The molecule has 0 fully saturated rings. The summed E-state index contributed by atoms with van der Waals surface area (Å²) in [5, 5.41) is 9.72. The van der Waals surface area contributed by atoms with Gasteiger partial charge in [-0.15, -0.1) is 11.3 Å². The maximum atomic E-state index is 11.8. The fourth-order valence-electron chi connectivity index (χ4n) is 1.17. The summed E-state index contributed by atoms with van der Waals surface area (Å²) >= 11 is 4.69. The number of ether oxygens (including phenoxy) is 1. The van der Waals surface area contributed by atoms with Crippen LogP contribution in [0.1, 0.15) is 23.0 Å². The number of rotatable bonds is 5. The second-order valence-corrected chi connectivity index (χ2v) is 5.98. The minimum Gasteiger partial charge on any atom is -0.387 e. The van der Waals surface area contributed by atoms with Crippen molar-refractivity contribution < 1.29 is 23.0 Å².